The van der Waals surface area contributed by atoms with Crippen molar-refractivity contribution in [3.05, 3.63) is 57.5 Å². The summed E-state index contributed by atoms with van der Waals surface area (Å²) in [5, 5.41) is 2.88. The number of carbonyl (C=O) groups excluding carboxylic acids is 1. The van der Waals surface area contributed by atoms with E-state index in [1.54, 1.807) is 18.2 Å². The maximum Gasteiger partial charge on any atom is 0.255 e. The van der Waals surface area contributed by atoms with Gasteiger partial charge in [0.2, 0.25) is 0 Å². The Bertz CT molecular complexity index is 822. The number of hydrogen-bond acceptors (Lipinski definition) is 3. The lowest BCUT2D eigenvalue weighted by Gasteiger charge is -2.05. The molecule has 22 heavy (non-hydrogen) atoms. The molecule has 0 unspecified atom stereocenters. The highest BCUT2D eigenvalue weighted by molar-refractivity contribution is 14.1. The first kappa shape index (κ1) is 15.0. The topological polar surface area (TPSA) is 55.1 Å². The van der Waals surface area contributed by atoms with Crippen LogP contribution in [0, 0.1) is 3.57 Å². The Labute approximate surface area is 142 Å². The van der Waals surface area contributed by atoms with Crippen LogP contribution < -0.4 is 5.32 Å². The Morgan fingerprint density at radius 1 is 1.18 bits per heavy atom. The molecular formula is C17H15IN2O2. The van der Waals surface area contributed by atoms with Crippen LogP contribution in [0.3, 0.4) is 0 Å². The molecule has 4 nitrogen and oxygen atoms in total. The van der Waals surface area contributed by atoms with Crippen molar-refractivity contribution in [1.82, 2.24) is 4.98 Å². The molecular weight excluding hydrogens is 391 g/mol. The number of anilines is 1. The van der Waals surface area contributed by atoms with E-state index < -0.39 is 0 Å². The zero-order valence-electron chi connectivity index (χ0n) is 12.3. The largest absolute Gasteiger partial charge is 0.440 e. The molecule has 0 bridgehead atoms. The van der Waals surface area contributed by atoms with E-state index >= 15 is 0 Å². The van der Waals surface area contributed by atoms with Gasteiger partial charge in [-0.1, -0.05) is 13.8 Å². The molecule has 0 aliphatic heterocycles. The molecule has 112 valence electrons. The van der Waals surface area contributed by atoms with Gasteiger partial charge in [0.25, 0.3) is 5.91 Å². The zero-order chi connectivity index (χ0) is 15.7. The van der Waals surface area contributed by atoms with E-state index in [1.807, 2.05) is 38.1 Å². The van der Waals surface area contributed by atoms with Crippen molar-refractivity contribution in [3.8, 4) is 0 Å². The molecule has 0 aliphatic carbocycles. The van der Waals surface area contributed by atoms with E-state index in [1.165, 1.54) is 0 Å². The number of nitrogens with zero attached hydrogens (tertiary/aromatic N) is 1. The number of carbonyl (C=O) groups is 1. The maximum absolute atomic E-state index is 12.2. The van der Waals surface area contributed by atoms with E-state index in [9.17, 15) is 4.79 Å². The van der Waals surface area contributed by atoms with E-state index in [2.05, 4.69) is 32.9 Å². The smallest absolute Gasteiger partial charge is 0.255 e. The molecule has 0 saturated carbocycles. The number of aromatic nitrogens is 1. The second-order valence-corrected chi connectivity index (χ2v) is 6.60. The third-order valence-electron chi connectivity index (χ3n) is 3.26. The molecule has 0 spiro atoms. The van der Waals surface area contributed by atoms with Crippen LogP contribution in [0.2, 0.25) is 0 Å². The first-order valence-electron chi connectivity index (χ1n) is 7.00. The Kier molecular flexibility index (Phi) is 4.15. The Morgan fingerprint density at radius 2 is 1.91 bits per heavy atom. The van der Waals surface area contributed by atoms with Crippen LogP contribution in [0.15, 0.2) is 46.9 Å². The fourth-order valence-corrected chi connectivity index (χ4v) is 2.43. The lowest BCUT2D eigenvalue weighted by molar-refractivity contribution is 0.102. The molecule has 1 amide bonds. The van der Waals surface area contributed by atoms with Crippen molar-refractivity contribution in [2.45, 2.75) is 19.8 Å². The number of halogens is 1. The molecule has 3 rings (SSSR count). The molecule has 5 heteroatoms. The monoisotopic (exact) mass is 406 g/mol. The van der Waals surface area contributed by atoms with Gasteiger partial charge in [-0.3, -0.25) is 4.79 Å². The minimum atomic E-state index is -0.139. The van der Waals surface area contributed by atoms with E-state index in [0.29, 0.717) is 22.7 Å². The third-order valence-corrected chi connectivity index (χ3v) is 3.98. The molecule has 3 aromatic rings. The van der Waals surface area contributed by atoms with Gasteiger partial charge in [0.15, 0.2) is 11.5 Å². The standard InChI is InChI=1S/C17H15IN2O2/c1-10(2)17-20-14-8-7-13(9-15(14)22-17)19-16(21)11-3-5-12(18)6-4-11/h3-10H,1-2H3,(H,19,21). The lowest BCUT2D eigenvalue weighted by Crippen LogP contribution is -2.11. The summed E-state index contributed by atoms with van der Waals surface area (Å²) < 4.78 is 6.81. The van der Waals surface area contributed by atoms with Gasteiger partial charge in [0.1, 0.15) is 5.52 Å². The highest BCUT2D eigenvalue weighted by Gasteiger charge is 2.11. The molecule has 0 fully saturated rings. The average Bonchev–Trinajstić information content (AvgIpc) is 2.91. The van der Waals surface area contributed by atoms with Gasteiger partial charge in [-0.15, -0.1) is 0 Å². The summed E-state index contributed by atoms with van der Waals surface area (Å²) in [7, 11) is 0. The number of hydrogen-bond donors (Lipinski definition) is 1. The van der Waals surface area contributed by atoms with E-state index in [4.69, 9.17) is 4.42 Å². The van der Waals surface area contributed by atoms with Gasteiger partial charge < -0.3 is 9.73 Å². The van der Waals surface area contributed by atoms with E-state index in [-0.39, 0.29) is 11.8 Å². The van der Waals surface area contributed by atoms with Crippen molar-refractivity contribution < 1.29 is 9.21 Å². The summed E-state index contributed by atoms with van der Waals surface area (Å²) in [5.41, 5.74) is 2.81. The summed E-state index contributed by atoms with van der Waals surface area (Å²) in [6.07, 6.45) is 0. The molecule has 1 N–H and O–H groups in total. The maximum atomic E-state index is 12.2. The minimum absolute atomic E-state index is 0.139. The molecule has 1 heterocycles. The van der Waals surface area contributed by atoms with Gasteiger partial charge >= 0.3 is 0 Å². The highest BCUT2D eigenvalue weighted by atomic mass is 127. The average molecular weight is 406 g/mol. The summed E-state index contributed by atoms with van der Waals surface area (Å²) in [4.78, 5) is 16.6. The van der Waals surface area contributed by atoms with E-state index in [0.717, 1.165) is 9.09 Å². The van der Waals surface area contributed by atoms with Crippen molar-refractivity contribution in [1.29, 1.82) is 0 Å². The Hall–Kier alpha value is -1.89. The number of rotatable bonds is 3. The van der Waals surface area contributed by atoms with Crippen LogP contribution in [0.4, 0.5) is 5.69 Å². The lowest BCUT2D eigenvalue weighted by atomic mass is 10.2. The molecule has 0 saturated heterocycles. The summed E-state index contributed by atoms with van der Waals surface area (Å²) >= 11 is 2.21. The summed E-state index contributed by atoms with van der Waals surface area (Å²) in [6.45, 7) is 4.06. The number of benzene rings is 2. The number of fused-ring (bicyclic) bond motifs is 1. The van der Waals surface area contributed by atoms with Gasteiger partial charge in [0, 0.05) is 26.8 Å². The summed E-state index contributed by atoms with van der Waals surface area (Å²) in [6, 6.07) is 12.9. The van der Waals surface area contributed by atoms with Crippen LogP contribution in [-0.2, 0) is 0 Å². The normalized spacial score (nSPS) is 11.1. The predicted molar refractivity (Wildman–Crippen MR) is 95.2 cm³/mol. The van der Waals surface area contributed by atoms with Crippen LogP contribution in [0.5, 0.6) is 0 Å². The fourth-order valence-electron chi connectivity index (χ4n) is 2.07. The Morgan fingerprint density at radius 3 is 2.59 bits per heavy atom. The molecule has 0 radical (unpaired) electrons. The summed E-state index contributed by atoms with van der Waals surface area (Å²) in [5.74, 6) is 0.799. The first-order valence-corrected chi connectivity index (χ1v) is 8.08. The fraction of sp³-hybridized carbons (Fsp3) is 0.176. The molecule has 0 aliphatic rings. The van der Waals surface area contributed by atoms with Crippen molar-refractivity contribution in [2.75, 3.05) is 5.32 Å². The van der Waals surface area contributed by atoms with Crippen molar-refractivity contribution >= 4 is 45.3 Å². The molecule has 0 atom stereocenters. The second kappa shape index (κ2) is 6.08. The molecule has 2 aromatic carbocycles. The van der Waals surface area contributed by atoms with Crippen LogP contribution in [0.1, 0.15) is 36.0 Å². The van der Waals surface area contributed by atoms with Gasteiger partial charge in [-0.25, -0.2) is 4.98 Å². The Balaban J connectivity index is 1.84. The minimum Gasteiger partial charge on any atom is -0.440 e. The SMILES string of the molecule is CC(C)c1nc2ccc(NC(=O)c3ccc(I)cc3)cc2o1. The van der Waals surface area contributed by atoms with Crippen molar-refractivity contribution in [2.24, 2.45) is 0 Å². The van der Waals surface area contributed by atoms with Gasteiger partial charge in [-0.2, -0.15) is 0 Å². The second-order valence-electron chi connectivity index (χ2n) is 5.35. The van der Waals surface area contributed by atoms with Crippen LogP contribution in [-0.4, -0.2) is 10.9 Å². The highest BCUT2D eigenvalue weighted by Crippen LogP contribution is 2.24. The van der Waals surface area contributed by atoms with Gasteiger partial charge in [-0.05, 0) is 59.0 Å². The number of oxazole rings is 1. The number of amides is 1. The number of nitrogens with one attached hydrogen (secondary N) is 1. The van der Waals surface area contributed by atoms with Crippen LogP contribution >= 0.6 is 22.6 Å². The molecule has 1 aromatic heterocycles. The van der Waals surface area contributed by atoms with Crippen LogP contribution in [0.25, 0.3) is 11.1 Å². The van der Waals surface area contributed by atoms with Gasteiger partial charge in [0.05, 0.1) is 0 Å². The third kappa shape index (κ3) is 3.14. The van der Waals surface area contributed by atoms with Crippen molar-refractivity contribution in [3.63, 3.8) is 0 Å². The zero-order valence-corrected chi connectivity index (χ0v) is 14.4. The predicted octanol–water partition coefficient (Wildman–Crippen LogP) is 4.81. The first-order chi connectivity index (χ1) is 10.5. The quantitative estimate of drug-likeness (QED) is 0.636.